The van der Waals surface area contributed by atoms with Gasteiger partial charge in [0.1, 0.15) is 6.04 Å². The first kappa shape index (κ1) is 15.7. The lowest BCUT2D eigenvalue weighted by Crippen LogP contribution is -2.44. The Balaban J connectivity index is 1.59. The van der Waals surface area contributed by atoms with E-state index in [2.05, 4.69) is 4.98 Å². The molecular formula is C18H20N4O3. The first-order valence-corrected chi connectivity index (χ1v) is 8.51. The van der Waals surface area contributed by atoms with Crippen molar-refractivity contribution in [2.45, 2.75) is 31.8 Å². The van der Waals surface area contributed by atoms with Crippen LogP contribution >= 0.6 is 0 Å². The van der Waals surface area contributed by atoms with E-state index < -0.39 is 11.8 Å². The standard InChI is InChI=1S/C18H20N4O3/c1-13(22-15-6-2-3-7-16(15)25-18(22)24)17(23)20-9-4-5-14(11-20)21-10-8-19-12-21/h2-3,6-8,10,12-14H,4-5,9,11H2,1H3/t13-,14-/m1/s1. The second kappa shape index (κ2) is 6.23. The second-order valence-electron chi connectivity index (χ2n) is 6.47. The molecule has 7 nitrogen and oxygen atoms in total. The minimum atomic E-state index is -0.599. The third kappa shape index (κ3) is 2.75. The largest absolute Gasteiger partial charge is 0.420 e. The van der Waals surface area contributed by atoms with Gasteiger partial charge in [0.25, 0.3) is 0 Å². The van der Waals surface area contributed by atoms with Gasteiger partial charge in [-0.1, -0.05) is 12.1 Å². The van der Waals surface area contributed by atoms with Gasteiger partial charge in [-0.15, -0.1) is 0 Å². The molecule has 1 amide bonds. The fraction of sp³-hybridized carbons (Fsp3) is 0.389. The number of piperidine rings is 1. The lowest BCUT2D eigenvalue weighted by molar-refractivity contribution is -0.136. The maximum atomic E-state index is 13.0. The van der Waals surface area contributed by atoms with Crippen molar-refractivity contribution in [3.05, 3.63) is 53.5 Å². The summed E-state index contributed by atoms with van der Waals surface area (Å²) in [6.45, 7) is 3.09. The Bertz CT molecular complexity index is 941. The summed E-state index contributed by atoms with van der Waals surface area (Å²) in [5, 5.41) is 0. The topological polar surface area (TPSA) is 73.3 Å². The number of nitrogens with zero attached hydrogens (tertiary/aromatic N) is 4. The molecule has 3 heterocycles. The summed E-state index contributed by atoms with van der Waals surface area (Å²) in [7, 11) is 0. The van der Waals surface area contributed by atoms with Gasteiger partial charge in [0.15, 0.2) is 5.58 Å². The zero-order valence-corrected chi connectivity index (χ0v) is 14.0. The van der Waals surface area contributed by atoms with E-state index in [9.17, 15) is 9.59 Å². The van der Waals surface area contributed by atoms with Gasteiger partial charge in [0.2, 0.25) is 5.91 Å². The molecule has 0 N–H and O–H groups in total. The summed E-state index contributed by atoms with van der Waals surface area (Å²) in [5.74, 6) is -0.552. The predicted molar refractivity (Wildman–Crippen MR) is 92.3 cm³/mol. The summed E-state index contributed by atoms with van der Waals surface area (Å²) < 4.78 is 8.75. The normalized spacial score (nSPS) is 19.2. The minimum Gasteiger partial charge on any atom is -0.408 e. The SMILES string of the molecule is C[C@H](C(=O)N1CCC[C@@H](n2ccnc2)C1)n1c(=O)oc2ccccc21. The zero-order valence-electron chi connectivity index (χ0n) is 14.0. The highest BCUT2D eigenvalue weighted by Crippen LogP contribution is 2.24. The maximum absolute atomic E-state index is 13.0. The fourth-order valence-electron chi connectivity index (χ4n) is 3.61. The molecule has 2 atom stereocenters. The molecule has 3 aromatic rings. The van der Waals surface area contributed by atoms with Crippen molar-refractivity contribution >= 4 is 17.0 Å². The summed E-state index contributed by atoms with van der Waals surface area (Å²) in [5.41, 5.74) is 1.15. The molecule has 0 spiro atoms. The number of hydrogen-bond donors (Lipinski definition) is 0. The van der Waals surface area contributed by atoms with E-state index in [4.69, 9.17) is 4.42 Å². The number of aromatic nitrogens is 3. The molecule has 1 fully saturated rings. The number of hydrogen-bond acceptors (Lipinski definition) is 4. The Morgan fingerprint density at radius 1 is 1.36 bits per heavy atom. The molecule has 1 aliphatic rings. The van der Waals surface area contributed by atoms with Crippen LogP contribution in [0.5, 0.6) is 0 Å². The van der Waals surface area contributed by atoms with Crippen LogP contribution in [0.25, 0.3) is 11.1 Å². The van der Waals surface area contributed by atoms with Crippen molar-refractivity contribution in [2.75, 3.05) is 13.1 Å². The second-order valence-corrected chi connectivity index (χ2v) is 6.47. The van der Waals surface area contributed by atoms with Crippen molar-refractivity contribution in [3.63, 3.8) is 0 Å². The molecule has 7 heteroatoms. The third-order valence-corrected chi connectivity index (χ3v) is 4.92. The number of rotatable bonds is 3. The van der Waals surface area contributed by atoms with Crippen molar-refractivity contribution in [1.29, 1.82) is 0 Å². The number of carbonyl (C=O) groups is 1. The molecule has 1 aliphatic heterocycles. The summed E-state index contributed by atoms with van der Waals surface area (Å²) in [6, 6.07) is 6.81. The first-order valence-electron chi connectivity index (χ1n) is 8.51. The summed E-state index contributed by atoms with van der Waals surface area (Å²) in [4.78, 5) is 31.2. The molecular weight excluding hydrogens is 320 g/mol. The fourth-order valence-corrected chi connectivity index (χ4v) is 3.61. The van der Waals surface area contributed by atoms with E-state index in [1.807, 2.05) is 27.8 Å². The maximum Gasteiger partial charge on any atom is 0.420 e. The molecule has 1 saturated heterocycles. The van der Waals surface area contributed by atoms with Gasteiger partial charge in [-0.25, -0.2) is 9.78 Å². The van der Waals surface area contributed by atoms with Crippen LogP contribution in [0.15, 0.2) is 52.2 Å². The molecule has 0 unspecified atom stereocenters. The number of imidazole rings is 1. The van der Waals surface area contributed by atoms with Crippen molar-refractivity contribution in [3.8, 4) is 0 Å². The molecule has 0 saturated carbocycles. The van der Waals surface area contributed by atoms with Crippen LogP contribution in [0.1, 0.15) is 31.8 Å². The summed E-state index contributed by atoms with van der Waals surface area (Å²) >= 11 is 0. The number of likely N-dealkylation sites (tertiary alicyclic amines) is 1. The first-order chi connectivity index (χ1) is 12.1. The Hall–Kier alpha value is -2.83. The van der Waals surface area contributed by atoms with Crippen LogP contribution in [-0.4, -0.2) is 38.0 Å². The zero-order chi connectivity index (χ0) is 17.4. The van der Waals surface area contributed by atoms with E-state index in [0.717, 1.165) is 12.8 Å². The van der Waals surface area contributed by atoms with Crippen LogP contribution in [0.4, 0.5) is 0 Å². The van der Waals surface area contributed by atoms with Crippen molar-refractivity contribution < 1.29 is 9.21 Å². The van der Waals surface area contributed by atoms with E-state index >= 15 is 0 Å². The third-order valence-electron chi connectivity index (χ3n) is 4.92. The van der Waals surface area contributed by atoms with Gasteiger partial charge in [-0.2, -0.15) is 0 Å². The molecule has 2 aromatic heterocycles. The molecule has 0 bridgehead atoms. The molecule has 130 valence electrons. The Kier molecular flexibility index (Phi) is 3.91. The average Bonchev–Trinajstić information content (AvgIpc) is 3.27. The average molecular weight is 340 g/mol. The number of para-hydroxylation sites is 2. The highest BCUT2D eigenvalue weighted by atomic mass is 16.4. The van der Waals surface area contributed by atoms with Crippen LogP contribution < -0.4 is 5.76 Å². The number of fused-ring (bicyclic) bond motifs is 1. The van der Waals surface area contributed by atoms with Gasteiger partial charge >= 0.3 is 5.76 Å². The van der Waals surface area contributed by atoms with E-state index in [1.165, 1.54) is 4.57 Å². The van der Waals surface area contributed by atoms with Crippen LogP contribution in [0.3, 0.4) is 0 Å². The van der Waals surface area contributed by atoms with Crippen LogP contribution in [0.2, 0.25) is 0 Å². The number of amides is 1. The van der Waals surface area contributed by atoms with E-state index in [1.54, 1.807) is 31.6 Å². The number of benzene rings is 1. The molecule has 1 aromatic carbocycles. The number of carbonyl (C=O) groups excluding carboxylic acids is 1. The predicted octanol–water partition coefficient (Wildman–Crippen LogP) is 2.22. The van der Waals surface area contributed by atoms with Gasteiger partial charge in [-0.3, -0.25) is 9.36 Å². The minimum absolute atomic E-state index is 0.0570. The lowest BCUT2D eigenvalue weighted by atomic mass is 10.0. The van der Waals surface area contributed by atoms with Crippen molar-refractivity contribution in [2.24, 2.45) is 0 Å². The highest BCUT2D eigenvalue weighted by molar-refractivity contribution is 5.83. The van der Waals surface area contributed by atoms with Crippen LogP contribution in [-0.2, 0) is 4.79 Å². The number of oxazole rings is 1. The molecule has 4 rings (SSSR count). The van der Waals surface area contributed by atoms with Gasteiger partial charge in [-0.05, 0) is 31.9 Å². The Morgan fingerprint density at radius 3 is 3.00 bits per heavy atom. The van der Waals surface area contributed by atoms with E-state index in [0.29, 0.717) is 24.2 Å². The Labute approximate surface area is 144 Å². The molecule has 0 radical (unpaired) electrons. The summed E-state index contributed by atoms with van der Waals surface area (Å²) in [6.07, 6.45) is 7.41. The van der Waals surface area contributed by atoms with E-state index in [-0.39, 0.29) is 11.9 Å². The molecule has 0 aliphatic carbocycles. The molecule has 25 heavy (non-hydrogen) atoms. The monoisotopic (exact) mass is 340 g/mol. The quantitative estimate of drug-likeness (QED) is 0.733. The van der Waals surface area contributed by atoms with Crippen LogP contribution in [0, 0.1) is 0 Å². The lowest BCUT2D eigenvalue weighted by Gasteiger charge is -2.34. The smallest absolute Gasteiger partial charge is 0.408 e. The highest BCUT2D eigenvalue weighted by Gasteiger charge is 2.30. The van der Waals surface area contributed by atoms with Gasteiger partial charge < -0.3 is 13.9 Å². The Morgan fingerprint density at radius 2 is 2.20 bits per heavy atom. The van der Waals surface area contributed by atoms with Crippen molar-refractivity contribution in [1.82, 2.24) is 19.0 Å². The van der Waals surface area contributed by atoms with Gasteiger partial charge in [0.05, 0.1) is 17.9 Å². The van der Waals surface area contributed by atoms with Gasteiger partial charge in [0, 0.05) is 25.5 Å².